The summed E-state index contributed by atoms with van der Waals surface area (Å²) in [6, 6.07) is 3.54. The molecule has 27 heavy (non-hydrogen) atoms. The standard InChI is InChI=1S/C17H20N4O4S2/c1-25-17(22)16-14(5-10-26-16)27(23,24)21-8-6-20(7-9-21)15-11-12-3-2-4-13(12)18-19-15/h5,10-11H,2-4,6-9H2,1H3. The van der Waals surface area contributed by atoms with Crippen LogP contribution in [0.4, 0.5) is 5.82 Å². The van der Waals surface area contributed by atoms with E-state index >= 15 is 0 Å². The van der Waals surface area contributed by atoms with E-state index in [0.717, 1.165) is 42.1 Å². The lowest BCUT2D eigenvalue weighted by Crippen LogP contribution is -2.49. The number of esters is 1. The zero-order valence-corrected chi connectivity index (χ0v) is 16.6. The Morgan fingerprint density at radius 3 is 2.70 bits per heavy atom. The summed E-state index contributed by atoms with van der Waals surface area (Å²) >= 11 is 1.07. The molecule has 10 heteroatoms. The van der Waals surface area contributed by atoms with E-state index in [1.807, 2.05) is 0 Å². The molecule has 1 aliphatic heterocycles. The highest BCUT2D eigenvalue weighted by Gasteiger charge is 2.33. The number of piperazine rings is 1. The highest BCUT2D eigenvalue weighted by molar-refractivity contribution is 7.89. The Morgan fingerprint density at radius 1 is 1.19 bits per heavy atom. The normalized spacial score (nSPS) is 17.7. The van der Waals surface area contributed by atoms with E-state index in [1.54, 1.807) is 5.38 Å². The van der Waals surface area contributed by atoms with E-state index in [-0.39, 0.29) is 9.77 Å². The Kier molecular flexibility index (Phi) is 4.87. The Morgan fingerprint density at radius 2 is 1.96 bits per heavy atom. The molecule has 1 fully saturated rings. The van der Waals surface area contributed by atoms with Crippen molar-refractivity contribution in [2.45, 2.75) is 24.2 Å². The maximum Gasteiger partial charge on any atom is 0.349 e. The van der Waals surface area contributed by atoms with Gasteiger partial charge < -0.3 is 9.64 Å². The van der Waals surface area contributed by atoms with Gasteiger partial charge in [0.15, 0.2) is 5.82 Å². The van der Waals surface area contributed by atoms with E-state index in [9.17, 15) is 13.2 Å². The van der Waals surface area contributed by atoms with Crippen molar-refractivity contribution in [1.29, 1.82) is 0 Å². The summed E-state index contributed by atoms with van der Waals surface area (Å²) in [5.74, 6) is 0.175. The minimum absolute atomic E-state index is 0.0186. The molecule has 144 valence electrons. The van der Waals surface area contributed by atoms with Crippen molar-refractivity contribution in [3.8, 4) is 0 Å². The van der Waals surface area contributed by atoms with Crippen LogP contribution in [0.1, 0.15) is 27.3 Å². The molecule has 8 nitrogen and oxygen atoms in total. The van der Waals surface area contributed by atoms with Gasteiger partial charge in [-0.3, -0.25) is 0 Å². The molecule has 1 saturated heterocycles. The van der Waals surface area contributed by atoms with Crippen LogP contribution in [0.25, 0.3) is 0 Å². The summed E-state index contributed by atoms with van der Waals surface area (Å²) in [4.78, 5) is 14.0. The predicted octanol–water partition coefficient (Wildman–Crippen LogP) is 1.32. The van der Waals surface area contributed by atoms with Crippen LogP contribution < -0.4 is 4.90 Å². The molecule has 0 radical (unpaired) electrons. The third-order valence-corrected chi connectivity index (χ3v) is 7.95. The van der Waals surface area contributed by atoms with Crippen molar-refractivity contribution in [1.82, 2.24) is 14.5 Å². The molecule has 4 rings (SSSR count). The lowest BCUT2D eigenvalue weighted by molar-refractivity contribution is 0.0602. The maximum atomic E-state index is 13.0. The smallest absolute Gasteiger partial charge is 0.349 e. The molecule has 0 bridgehead atoms. The van der Waals surface area contributed by atoms with Crippen LogP contribution in [0.2, 0.25) is 0 Å². The molecule has 0 atom stereocenters. The van der Waals surface area contributed by atoms with Crippen LogP contribution in [0.5, 0.6) is 0 Å². The molecular formula is C17H20N4O4S2. The van der Waals surface area contributed by atoms with Crippen molar-refractivity contribution in [2.75, 3.05) is 38.2 Å². The first-order valence-electron chi connectivity index (χ1n) is 8.77. The number of thiophene rings is 1. The van der Waals surface area contributed by atoms with Crippen molar-refractivity contribution in [3.05, 3.63) is 33.6 Å². The van der Waals surface area contributed by atoms with Gasteiger partial charge in [0.1, 0.15) is 9.77 Å². The zero-order valence-electron chi connectivity index (χ0n) is 14.9. The van der Waals surface area contributed by atoms with Gasteiger partial charge >= 0.3 is 5.97 Å². The second kappa shape index (κ2) is 7.17. The van der Waals surface area contributed by atoms with Crippen molar-refractivity contribution in [2.24, 2.45) is 0 Å². The maximum absolute atomic E-state index is 13.0. The number of aryl methyl sites for hydroxylation is 2. The Balaban J connectivity index is 1.49. The summed E-state index contributed by atoms with van der Waals surface area (Å²) in [6.45, 7) is 1.73. The fraction of sp³-hybridized carbons (Fsp3) is 0.471. The molecule has 3 heterocycles. The molecule has 0 amide bonds. The van der Waals surface area contributed by atoms with Gasteiger partial charge in [0.2, 0.25) is 10.0 Å². The van der Waals surface area contributed by atoms with E-state index in [0.29, 0.717) is 26.2 Å². The average molecular weight is 409 g/mol. The number of sulfonamides is 1. The Hall–Kier alpha value is -2.04. The molecule has 0 saturated carbocycles. The van der Waals surface area contributed by atoms with Crippen LogP contribution in [0.15, 0.2) is 22.4 Å². The van der Waals surface area contributed by atoms with Gasteiger partial charge in [-0.25, -0.2) is 13.2 Å². The SMILES string of the molecule is COC(=O)c1sccc1S(=O)(=O)N1CCN(c2cc3c(nn2)CCC3)CC1. The van der Waals surface area contributed by atoms with E-state index in [2.05, 4.69) is 21.2 Å². The fourth-order valence-corrected chi connectivity index (χ4v) is 6.24. The average Bonchev–Trinajstić information content (AvgIpc) is 3.36. The number of nitrogens with zero attached hydrogens (tertiary/aromatic N) is 4. The molecule has 2 aliphatic rings. The summed E-state index contributed by atoms with van der Waals surface area (Å²) in [7, 11) is -2.49. The number of rotatable bonds is 4. The summed E-state index contributed by atoms with van der Waals surface area (Å²) < 4.78 is 32.0. The topological polar surface area (TPSA) is 92.7 Å². The van der Waals surface area contributed by atoms with Crippen LogP contribution in [0.3, 0.4) is 0 Å². The monoisotopic (exact) mass is 408 g/mol. The largest absolute Gasteiger partial charge is 0.465 e. The number of aromatic nitrogens is 2. The first-order valence-corrected chi connectivity index (χ1v) is 11.1. The summed E-state index contributed by atoms with van der Waals surface area (Å²) in [6.07, 6.45) is 3.13. The minimum Gasteiger partial charge on any atom is -0.465 e. The number of carbonyl (C=O) groups excluding carboxylic acids is 1. The molecular weight excluding hydrogens is 388 g/mol. The van der Waals surface area contributed by atoms with Crippen molar-refractivity contribution >= 4 is 33.1 Å². The van der Waals surface area contributed by atoms with Crippen LogP contribution in [0, 0.1) is 0 Å². The number of carbonyl (C=O) groups is 1. The lowest BCUT2D eigenvalue weighted by atomic mass is 10.2. The van der Waals surface area contributed by atoms with Crippen molar-refractivity contribution < 1.29 is 17.9 Å². The summed E-state index contributed by atoms with van der Waals surface area (Å²) in [5.41, 5.74) is 2.32. The Bertz CT molecular complexity index is 965. The molecule has 0 N–H and O–H groups in total. The molecule has 0 unspecified atom stereocenters. The predicted molar refractivity (Wildman–Crippen MR) is 101 cm³/mol. The lowest BCUT2D eigenvalue weighted by Gasteiger charge is -2.34. The second-order valence-electron chi connectivity index (χ2n) is 6.52. The van der Waals surface area contributed by atoms with Crippen LogP contribution in [-0.4, -0.2) is 62.2 Å². The highest BCUT2D eigenvalue weighted by Crippen LogP contribution is 2.28. The third-order valence-electron chi connectivity index (χ3n) is 4.99. The van der Waals surface area contributed by atoms with Crippen LogP contribution in [-0.2, 0) is 27.6 Å². The van der Waals surface area contributed by atoms with Gasteiger partial charge in [-0.15, -0.1) is 16.4 Å². The number of hydrogen-bond donors (Lipinski definition) is 0. The van der Waals surface area contributed by atoms with E-state index in [1.165, 1.54) is 23.0 Å². The first kappa shape index (κ1) is 18.3. The number of ether oxygens (including phenoxy) is 1. The van der Waals surface area contributed by atoms with E-state index in [4.69, 9.17) is 4.74 Å². The highest BCUT2D eigenvalue weighted by atomic mass is 32.2. The first-order chi connectivity index (χ1) is 13.0. The molecule has 1 aliphatic carbocycles. The van der Waals surface area contributed by atoms with Gasteiger partial charge in [0, 0.05) is 26.2 Å². The van der Waals surface area contributed by atoms with Gasteiger partial charge in [-0.1, -0.05) is 0 Å². The second-order valence-corrected chi connectivity index (χ2v) is 9.35. The minimum atomic E-state index is -3.74. The van der Waals surface area contributed by atoms with E-state index < -0.39 is 16.0 Å². The quantitative estimate of drug-likeness (QED) is 0.705. The molecule has 0 spiro atoms. The molecule has 2 aromatic rings. The van der Waals surface area contributed by atoms with Crippen molar-refractivity contribution in [3.63, 3.8) is 0 Å². The Labute approximate surface area is 161 Å². The van der Waals surface area contributed by atoms with Crippen LogP contribution >= 0.6 is 11.3 Å². The third kappa shape index (κ3) is 3.32. The number of anilines is 1. The van der Waals surface area contributed by atoms with Gasteiger partial charge in [-0.05, 0) is 42.3 Å². The fourth-order valence-electron chi connectivity index (χ4n) is 3.51. The zero-order chi connectivity index (χ0) is 19.0. The molecule has 0 aromatic carbocycles. The summed E-state index contributed by atoms with van der Waals surface area (Å²) in [5, 5.41) is 10.2. The number of hydrogen-bond acceptors (Lipinski definition) is 8. The van der Waals surface area contributed by atoms with Gasteiger partial charge in [-0.2, -0.15) is 9.40 Å². The molecule has 2 aromatic heterocycles. The number of fused-ring (bicyclic) bond motifs is 1. The van der Waals surface area contributed by atoms with Gasteiger partial charge in [0.25, 0.3) is 0 Å². The van der Waals surface area contributed by atoms with Gasteiger partial charge in [0.05, 0.1) is 12.8 Å². The number of methoxy groups -OCH3 is 1.